The molecule has 1 rings (SSSR count). The number of hydrogen-bond acceptors (Lipinski definition) is 3. The van der Waals surface area contributed by atoms with Crippen molar-refractivity contribution in [2.75, 3.05) is 13.7 Å². The van der Waals surface area contributed by atoms with E-state index in [9.17, 15) is 0 Å². The Hall–Kier alpha value is -0.380. The molecule has 1 aromatic heterocycles. The summed E-state index contributed by atoms with van der Waals surface area (Å²) < 4.78 is 5.40. The maximum absolute atomic E-state index is 5.66. The molecule has 68 valence electrons. The molecule has 0 saturated heterocycles. The third kappa shape index (κ3) is 1.53. The third-order valence-electron chi connectivity index (χ3n) is 2.18. The van der Waals surface area contributed by atoms with Gasteiger partial charge in [-0.1, -0.05) is 0 Å². The van der Waals surface area contributed by atoms with Gasteiger partial charge in [0.1, 0.15) is 5.60 Å². The minimum absolute atomic E-state index is 0.307. The van der Waals surface area contributed by atoms with E-state index in [4.69, 9.17) is 10.5 Å². The lowest BCUT2D eigenvalue weighted by Gasteiger charge is -2.25. The van der Waals surface area contributed by atoms with Crippen molar-refractivity contribution >= 4 is 11.3 Å². The van der Waals surface area contributed by atoms with Crippen LogP contribution in [0.5, 0.6) is 0 Å². The minimum atomic E-state index is -0.307. The average Bonchev–Trinajstić information content (AvgIpc) is 2.51. The van der Waals surface area contributed by atoms with Gasteiger partial charge in [0, 0.05) is 18.5 Å². The van der Waals surface area contributed by atoms with Crippen LogP contribution in [-0.4, -0.2) is 13.7 Å². The number of thiophene rings is 1. The largest absolute Gasteiger partial charge is 0.372 e. The van der Waals surface area contributed by atoms with Crippen LogP contribution in [0.1, 0.15) is 17.4 Å². The number of ether oxygens (including phenoxy) is 1. The van der Waals surface area contributed by atoms with Crippen LogP contribution in [0.25, 0.3) is 0 Å². The molecule has 1 atom stereocenters. The molecule has 1 heterocycles. The summed E-state index contributed by atoms with van der Waals surface area (Å²) in [5.74, 6) is 0. The van der Waals surface area contributed by atoms with Crippen LogP contribution in [0.15, 0.2) is 11.4 Å². The van der Waals surface area contributed by atoms with Crippen molar-refractivity contribution in [1.82, 2.24) is 0 Å². The van der Waals surface area contributed by atoms with Crippen molar-refractivity contribution in [3.63, 3.8) is 0 Å². The Morgan fingerprint density at radius 2 is 2.33 bits per heavy atom. The van der Waals surface area contributed by atoms with E-state index in [0.717, 1.165) is 0 Å². The number of methoxy groups -OCH3 is 1. The van der Waals surface area contributed by atoms with Crippen LogP contribution in [-0.2, 0) is 10.3 Å². The van der Waals surface area contributed by atoms with E-state index in [2.05, 4.69) is 18.4 Å². The third-order valence-corrected chi connectivity index (χ3v) is 3.44. The highest BCUT2D eigenvalue weighted by atomic mass is 32.1. The molecule has 0 fully saturated rings. The molecule has 3 heteroatoms. The van der Waals surface area contributed by atoms with Gasteiger partial charge in [-0.2, -0.15) is 0 Å². The predicted octanol–water partition coefficient (Wildman–Crippen LogP) is 1.88. The Kier molecular flexibility index (Phi) is 2.88. The highest BCUT2D eigenvalue weighted by Crippen LogP contribution is 2.30. The molecule has 0 saturated carbocycles. The standard InChI is InChI=1S/C9H15NOS/c1-7-4-5-12-8(7)9(2,6-10)11-3/h4-5H,6,10H2,1-3H3. The van der Waals surface area contributed by atoms with Crippen molar-refractivity contribution in [3.8, 4) is 0 Å². The zero-order chi connectivity index (χ0) is 9.19. The van der Waals surface area contributed by atoms with Crippen molar-refractivity contribution in [1.29, 1.82) is 0 Å². The molecule has 0 aliphatic rings. The number of rotatable bonds is 3. The Labute approximate surface area is 77.3 Å². The maximum Gasteiger partial charge on any atom is 0.111 e. The summed E-state index contributed by atoms with van der Waals surface area (Å²) in [6.07, 6.45) is 0. The zero-order valence-corrected chi connectivity index (χ0v) is 8.57. The van der Waals surface area contributed by atoms with E-state index in [-0.39, 0.29) is 5.60 Å². The first-order valence-corrected chi connectivity index (χ1v) is 4.82. The molecular weight excluding hydrogens is 170 g/mol. The SMILES string of the molecule is COC(C)(CN)c1sccc1C. The molecule has 0 aliphatic heterocycles. The molecule has 0 aliphatic carbocycles. The van der Waals surface area contributed by atoms with Gasteiger partial charge in [-0.25, -0.2) is 0 Å². The first-order valence-electron chi connectivity index (χ1n) is 3.94. The van der Waals surface area contributed by atoms with Crippen LogP contribution in [0.4, 0.5) is 0 Å². The van der Waals surface area contributed by atoms with Crippen molar-refractivity contribution in [3.05, 3.63) is 21.9 Å². The van der Waals surface area contributed by atoms with Crippen LogP contribution in [0.3, 0.4) is 0 Å². The normalized spacial score (nSPS) is 16.0. The van der Waals surface area contributed by atoms with Gasteiger partial charge < -0.3 is 10.5 Å². The van der Waals surface area contributed by atoms with E-state index in [1.165, 1.54) is 10.4 Å². The van der Waals surface area contributed by atoms with Gasteiger partial charge in [-0.05, 0) is 30.9 Å². The molecule has 0 bridgehead atoms. The topological polar surface area (TPSA) is 35.2 Å². The van der Waals surface area contributed by atoms with Gasteiger partial charge in [-0.3, -0.25) is 0 Å². The summed E-state index contributed by atoms with van der Waals surface area (Å²) in [5, 5.41) is 2.07. The van der Waals surface area contributed by atoms with Gasteiger partial charge in [0.25, 0.3) is 0 Å². The fraction of sp³-hybridized carbons (Fsp3) is 0.556. The van der Waals surface area contributed by atoms with Crippen LogP contribution in [0.2, 0.25) is 0 Å². The monoisotopic (exact) mass is 185 g/mol. The summed E-state index contributed by atoms with van der Waals surface area (Å²) in [7, 11) is 1.70. The van der Waals surface area contributed by atoms with Gasteiger partial charge in [-0.15, -0.1) is 11.3 Å². The predicted molar refractivity (Wildman–Crippen MR) is 52.5 cm³/mol. The molecule has 1 unspecified atom stereocenters. The second-order valence-corrected chi connectivity index (χ2v) is 3.99. The van der Waals surface area contributed by atoms with Crippen LogP contribution in [0, 0.1) is 6.92 Å². The van der Waals surface area contributed by atoms with Crippen molar-refractivity contribution < 1.29 is 4.74 Å². The first kappa shape index (κ1) is 9.71. The molecule has 12 heavy (non-hydrogen) atoms. The second kappa shape index (κ2) is 3.56. The molecule has 0 radical (unpaired) electrons. The fourth-order valence-corrected chi connectivity index (χ4v) is 2.26. The quantitative estimate of drug-likeness (QED) is 0.780. The number of nitrogens with two attached hydrogens (primary N) is 1. The van der Waals surface area contributed by atoms with E-state index in [1.807, 2.05) is 6.92 Å². The summed E-state index contributed by atoms with van der Waals surface area (Å²) in [4.78, 5) is 1.23. The van der Waals surface area contributed by atoms with Crippen molar-refractivity contribution in [2.24, 2.45) is 5.73 Å². The summed E-state index contributed by atoms with van der Waals surface area (Å²) in [6.45, 7) is 4.62. The summed E-state index contributed by atoms with van der Waals surface area (Å²) in [5.41, 5.74) is 6.61. The molecular formula is C9H15NOS. The maximum atomic E-state index is 5.66. The smallest absolute Gasteiger partial charge is 0.111 e. The van der Waals surface area contributed by atoms with Crippen LogP contribution >= 0.6 is 11.3 Å². The summed E-state index contributed by atoms with van der Waals surface area (Å²) >= 11 is 1.70. The van der Waals surface area contributed by atoms with Crippen molar-refractivity contribution in [2.45, 2.75) is 19.4 Å². The first-order chi connectivity index (χ1) is 5.64. The van der Waals surface area contributed by atoms with E-state index >= 15 is 0 Å². The van der Waals surface area contributed by atoms with Crippen LogP contribution < -0.4 is 5.73 Å². The molecule has 2 N–H and O–H groups in total. The Morgan fingerprint density at radius 3 is 2.67 bits per heavy atom. The number of aryl methyl sites for hydroxylation is 1. The molecule has 0 spiro atoms. The lowest BCUT2D eigenvalue weighted by molar-refractivity contribution is 0.0128. The lowest BCUT2D eigenvalue weighted by Crippen LogP contribution is -2.33. The highest BCUT2D eigenvalue weighted by molar-refractivity contribution is 7.10. The van der Waals surface area contributed by atoms with Gasteiger partial charge in [0.15, 0.2) is 0 Å². The molecule has 0 amide bonds. The Morgan fingerprint density at radius 1 is 1.67 bits per heavy atom. The highest BCUT2D eigenvalue weighted by Gasteiger charge is 2.26. The van der Waals surface area contributed by atoms with Gasteiger partial charge >= 0.3 is 0 Å². The fourth-order valence-electron chi connectivity index (χ4n) is 1.18. The average molecular weight is 185 g/mol. The second-order valence-electron chi connectivity index (χ2n) is 3.07. The Bertz CT molecular complexity index is 253. The Balaban J connectivity index is 3.02. The molecule has 1 aromatic rings. The zero-order valence-electron chi connectivity index (χ0n) is 7.76. The van der Waals surface area contributed by atoms with E-state index in [0.29, 0.717) is 6.54 Å². The van der Waals surface area contributed by atoms with E-state index in [1.54, 1.807) is 18.4 Å². The molecule has 2 nitrogen and oxygen atoms in total. The lowest BCUT2D eigenvalue weighted by atomic mass is 10.0. The van der Waals surface area contributed by atoms with Gasteiger partial charge in [0.05, 0.1) is 0 Å². The van der Waals surface area contributed by atoms with Gasteiger partial charge in [0.2, 0.25) is 0 Å². The molecule has 0 aromatic carbocycles. The minimum Gasteiger partial charge on any atom is -0.372 e. The number of hydrogen-bond donors (Lipinski definition) is 1. The summed E-state index contributed by atoms with van der Waals surface area (Å²) in [6, 6.07) is 2.09. The van der Waals surface area contributed by atoms with E-state index < -0.39 is 0 Å².